The Morgan fingerprint density at radius 3 is 3.06 bits per heavy atom. The zero-order valence-electron chi connectivity index (χ0n) is 8.85. The molecule has 4 nitrogen and oxygen atoms in total. The quantitative estimate of drug-likeness (QED) is 0.752. The fraction of sp³-hybridized carbons (Fsp3) is 0.250. The maximum absolute atomic E-state index is 9.80. The number of hydrogen-bond acceptors (Lipinski definition) is 3. The fourth-order valence-electron chi connectivity index (χ4n) is 2.09. The van der Waals surface area contributed by atoms with Gasteiger partial charge in [-0.25, -0.2) is 4.68 Å². The molecule has 3 rings (SSSR count). The number of hydrogen-bond donors (Lipinski definition) is 2. The van der Waals surface area contributed by atoms with Gasteiger partial charge in [0.2, 0.25) is 0 Å². The van der Waals surface area contributed by atoms with Crippen molar-refractivity contribution >= 4 is 0 Å². The zero-order valence-corrected chi connectivity index (χ0v) is 8.85. The summed E-state index contributed by atoms with van der Waals surface area (Å²) < 4.78 is 1.82. The van der Waals surface area contributed by atoms with E-state index in [1.807, 2.05) is 29.1 Å². The van der Waals surface area contributed by atoms with Crippen LogP contribution in [0, 0.1) is 0 Å². The van der Waals surface area contributed by atoms with Crippen LogP contribution >= 0.6 is 0 Å². The highest BCUT2D eigenvalue weighted by atomic mass is 16.3. The Hall–Kier alpha value is -1.81. The monoisotopic (exact) mass is 215 g/mol. The Balaban J connectivity index is 2.13. The molecular formula is C12H13N3O. The first-order chi connectivity index (χ1) is 7.86. The van der Waals surface area contributed by atoms with E-state index in [1.165, 1.54) is 5.56 Å². The highest BCUT2D eigenvalue weighted by Crippen LogP contribution is 2.24. The van der Waals surface area contributed by atoms with Crippen LogP contribution in [0.1, 0.15) is 11.3 Å². The van der Waals surface area contributed by atoms with Crippen LogP contribution in [0.15, 0.2) is 30.5 Å². The van der Waals surface area contributed by atoms with Crippen LogP contribution in [0.4, 0.5) is 0 Å². The summed E-state index contributed by atoms with van der Waals surface area (Å²) in [5, 5.41) is 17.5. The lowest BCUT2D eigenvalue weighted by atomic mass is 10.1. The van der Waals surface area contributed by atoms with Crippen LogP contribution < -0.4 is 5.32 Å². The minimum Gasteiger partial charge on any atom is -0.506 e. The molecule has 0 fully saturated rings. The van der Waals surface area contributed by atoms with E-state index in [4.69, 9.17) is 0 Å². The topological polar surface area (TPSA) is 50.1 Å². The summed E-state index contributed by atoms with van der Waals surface area (Å²) in [6.45, 7) is 1.81. The van der Waals surface area contributed by atoms with Crippen LogP contribution in [-0.2, 0) is 13.0 Å². The average molecular weight is 215 g/mol. The lowest BCUT2D eigenvalue weighted by Gasteiger charge is -2.15. The molecule has 0 bridgehead atoms. The molecule has 0 atom stereocenters. The van der Waals surface area contributed by atoms with E-state index in [-0.39, 0.29) is 5.75 Å². The molecule has 4 heteroatoms. The standard InChI is InChI=1S/C12H13N3O/c16-12-4-2-1-3-10(12)15-11-8-13-6-5-9(11)7-14-15/h1-4,7,13,16H,5-6,8H2. The third-order valence-corrected chi connectivity index (χ3v) is 2.93. The van der Waals surface area contributed by atoms with E-state index < -0.39 is 0 Å². The number of fused-ring (bicyclic) bond motifs is 1. The molecule has 82 valence electrons. The molecule has 2 N–H and O–H groups in total. The third kappa shape index (κ3) is 1.39. The second kappa shape index (κ2) is 3.64. The molecule has 0 spiro atoms. The van der Waals surface area contributed by atoms with Crippen LogP contribution in [0.25, 0.3) is 5.69 Å². The van der Waals surface area contributed by atoms with Gasteiger partial charge >= 0.3 is 0 Å². The van der Waals surface area contributed by atoms with Gasteiger partial charge in [-0.1, -0.05) is 12.1 Å². The summed E-state index contributed by atoms with van der Waals surface area (Å²) in [6.07, 6.45) is 2.89. The molecule has 16 heavy (non-hydrogen) atoms. The SMILES string of the molecule is Oc1ccccc1-n1ncc2c1CNCC2. The Morgan fingerprint density at radius 2 is 2.19 bits per heavy atom. The molecule has 0 radical (unpaired) electrons. The van der Waals surface area contributed by atoms with E-state index in [0.717, 1.165) is 30.9 Å². The predicted octanol–water partition coefficient (Wildman–Crippen LogP) is 1.22. The van der Waals surface area contributed by atoms with Crippen molar-refractivity contribution in [3.8, 4) is 11.4 Å². The van der Waals surface area contributed by atoms with Gasteiger partial charge in [0.1, 0.15) is 11.4 Å². The van der Waals surface area contributed by atoms with Crippen LogP contribution in [0.3, 0.4) is 0 Å². The number of nitrogens with one attached hydrogen (secondary N) is 1. The lowest BCUT2D eigenvalue weighted by molar-refractivity contribution is 0.468. The first-order valence-corrected chi connectivity index (χ1v) is 5.41. The first-order valence-electron chi connectivity index (χ1n) is 5.41. The maximum Gasteiger partial charge on any atom is 0.141 e. The number of phenolic OH excluding ortho intramolecular Hbond substituents is 1. The molecule has 0 aliphatic carbocycles. The molecule has 2 aromatic rings. The number of para-hydroxylation sites is 2. The molecule has 0 saturated heterocycles. The normalized spacial score (nSPS) is 14.8. The largest absolute Gasteiger partial charge is 0.506 e. The summed E-state index contributed by atoms with van der Waals surface area (Å²) in [5.74, 6) is 0.263. The van der Waals surface area contributed by atoms with Gasteiger partial charge in [0.05, 0.1) is 11.9 Å². The molecule has 0 amide bonds. The first kappa shape index (κ1) is 9.42. The molecule has 1 aliphatic heterocycles. The van der Waals surface area contributed by atoms with Crippen molar-refractivity contribution in [1.29, 1.82) is 0 Å². The van der Waals surface area contributed by atoms with Gasteiger partial charge in [0, 0.05) is 6.54 Å². The van der Waals surface area contributed by atoms with Crippen molar-refractivity contribution in [2.24, 2.45) is 0 Å². The van der Waals surface area contributed by atoms with Gasteiger partial charge in [-0.2, -0.15) is 5.10 Å². The van der Waals surface area contributed by atoms with Crippen molar-refractivity contribution < 1.29 is 5.11 Å². The highest BCUT2D eigenvalue weighted by Gasteiger charge is 2.16. The average Bonchev–Trinajstić information content (AvgIpc) is 2.74. The van der Waals surface area contributed by atoms with Crippen LogP contribution in [-0.4, -0.2) is 21.4 Å². The van der Waals surface area contributed by atoms with Crippen LogP contribution in [0.2, 0.25) is 0 Å². The van der Waals surface area contributed by atoms with E-state index in [1.54, 1.807) is 6.07 Å². The van der Waals surface area contributed by atoms with E-state index >= 15 is 0 Å². The Morgan fingerprint density at radius 1 is 1.31 bits per heavy atom. The molecule has 1 aromatic heterocycles. The summed E-state index contributed by atoms with van der Waals surface area (Å²) in [7, 11) is 0. The Kier molecular flexibility index (Phi) is 2.15. The smallest absolute Gasteiger partial charge is 0.141 e. The van der Waals surface area contributed by atoms with Crippen LogP contribution in [0.5, 0.6) is 5.75 Å². The predicted molar refractivity (Wildman–Crippen MR) is 60.6 cm³/mol. The fourth-order valence-corrected chi connectivity index (χ4v) is 2.09. The third-order valence-electron chi connectivity index (χ3n) is 2.93. The van der Waals surface area contributed by atoms with Crippen molar-refractivity contribution in [3.05, 3.63) is 41.7 Å². The van der Waals surface area contributed by atoms with E-state index in [2.05, 4.69) is 10.4 Å². The van der Waals surface area contributed by atoms with Crippen molar-refractivity contribution in [2.45, 2.75) is 13.0 Å². The number of phenols is 1. The summed E-state index contributed by atoms with van der Waals surface area (Å²) in [5.41, 5.74) is 3.15. The van der Waals surface area contributed by atoms with Gasteiger partial charge in [0.15, 0.2) is 0 Å². The molecule has 1 aromatic carbocycles. The minimum atomic E-state index is 0.263. The van der Waals surface area contributed by atoms with Crippen molar-refractivity contribution in [1.82, 2.24) is 15.1 Å². The van der Waals surface area contributed by atoms with Gasteiger partial charge in [0.25, 0.3) is 0 Å². The zero-order chi connectivity index (χ0) is 11.0. The Labute approximate surface area is 93.5 Å². The highest BCUT2D eigenvalue weighted by molar-refractivity contribution is 5.46. The number of rotatable bonds is 1. The maximum atomic E-state index is 9.80. The molecule has 2 heterocycles. The molecule has 0 saturated carbocycles. The second-order valence-corrected chi connectivity index (χ2v) is 3.94. The molecule has 1 aliphatic rings. The van der Waals surface area contributed by atoms with E-state index in [0.29, 0.717) is 0 Å². The van der Waals surface area contributed by atoms with Crippen molar-refractivity contribution in [3.63, 3.8) is 0 Å². The number of aromatic hydroxyl groups is 1. The molecule has 0 unspecified atom stereocenters. The number of aromatic nitrogens is 2. The number of benzene rings is 1. The van der Waals surface area contributed by atoms with Gasteiger partial charge in [-0.3, -0.25) is 0 Å². The summed E-state index contributed by atoms with van der Waals surface area (Å²) in [4.78, 5) is 0. The van der Waals surface area contributed by atoms with Gasteiger partial charge in [-0.05, 0) is 30.7 Å². The van der Waals surface area contributed by atoms with Crippen molar-refractivity contribution in [2.75, 3.05) is 6.54 Å². The molecular weight excluding hydrogens is 202 g/mol. The summed E-state index contributed by atoms with van der Waals surface area (Å²) >= 11 is 0. The second-order valence-electron chi connectivity index (χ2n) is 3.94. The van der Waals surface area contributed by atoms with E-state index in [9.17, 15) is 5.11 Å². The van der Waals surface area contributed by atoms with Gasteiger partial charge < -0.3 is 10.4 Å². The van der Waals surface area contributed by atoms with Gasteiger partial charge in [-0.15, -0.1) is 0 Å². The Bertz CT molecular complexity index is 519. The number of nitrogens with zero attached hydrogens (tertiary/aromatic N) is 2. The minimum absolute atomic E-state index is 0.263. The lowest BCUT2D eigenvalue weighted by Crippen LogP contribution is -2.24. The summed E-state index contributed by atoms with van der Waals surface area (Å²) in [6, 6.07) is 7.27.